The molecule has 184 valence electrons. The summed E-state index contributed by atoms with van der Waals surface area (Å²) in [5.41, 5.74) is 10.7. The molecule has 2 heterocycles. The van der Waals surface area contributed by atoms with E-state index in [-0.39, 0.29) is 0 Å². The molecule has 2 aliphatic heterocycles. The zero-order valence-electron chi connectivity index (χ0n) is 21.6. The van der Waals surface area contributed by atoms with Crippen LogP contribution in [0.1, 0.15) is 11.1 Å². The molecular formula is C30H38I2Si3. The molecule has 0 amide bonds. The van der Waals surface area contributed by atoms with Gasteiger partial charge in [0.15, 0.2) is 0 Å². The Balaban J connectivity index is 2.21. The highest BCUT2D eigenvalue weighted by molar-refractivity contribution is 14.1. The van der Waals surface area contributed by atoms with E-state index in [0.29, 0.717) is 0 Å². The van der Waals surface area contributed by atoms with E-state index in [2.05, 4.69) is 157 Å². The molecule has 2 atom stereocenters. The van der Waals surface area contributed by atoms with Crippen LogP contribution in [0.5, 0.6) is 0 Å². The molecule has 35 heavy (non-hydrogen) atoms. The average Bonchev–Trinajstić information content (AvgIpc) is 3.40. The molecule has 2 aromatic carbocycles. The van der Waals surface area contributed by atoms with E-state index in [9.17, 15) is 0 Å². The first kappa shape index (κ1) is 27.5. The SMILES string of the molecule is C=C[Si](C)(C)C1=C(c2ccccc2)C(c2ccccc2)=C([Si](C)(C)C=C)[Si]12C[C@H](CI)[C@@H](CI)C2. The van der Waals surface area contributed by atoms with Gasteiger partial charge in [-0.25, -0.2) is 0 Å². The number of halogens is 2. The summed E-state index contributed by atoms with van der Waals surface area (Å²) < 4.78 is 2.54. The number of benzene rings is 2. The molecule has 0 saturated carbocycles. The smallest absolute Gasteiger partial charge is 0.103 e. The molecule has 0 radical (unpaired) electrons. The second-order valence-electron chi connectivity index (χ2n) is 11.4. The maximum absolute atomic E-state index is 4.46. The van der Waals surface area contributed by atoms with Crippen molar-refractivity contribution in [3.8, 4) is 0 Å². The number of hydrogen-bond donors (Lipinski definition) is 0. The van der Waals surface area contributed by atoms with Crippen molar-refractivity contribution in [2.24, 2.45) is 11.8 Å². The monoisotopic (exact) mass is 736 g/mol. The van der Waals surface area contributed by atoms with E-state index in [4.69, 9.17) is 0 Å². The van der Waals surface area contributed by atoms with Gasteiger partial charge in [-0.3, -0.25) is 0 Å². The van der Waals surface area contributed by atoms with Crippen molar-refractivity contribution in [2.75, 3.05) is 8.86 Å². The molecule has 0 aromatic heterocycles. The van der Waals surface area contributed by atoms with E-state index in [1.54, 1.807) is 11.1 Å². The van der Waals surface area contributed by atoms with Gasteiger partial charge in [-0.2, -0.15) is 0 Å². The van der Waals surface area contributed by atoms with Gasteiger partial charge in [-0.15, -0.1) is 13.2 Å². The highest BCUT2D eigenvalue weighted by Crippen LogP contribution is 2.61. The zero-order chi connectivity index (χ0) is 25.4. The Morgan fingerprint density at radius 2 is 1.06 bits per heavy atom. The van der Waals surface area contributed by atoms with Crippen LogP contribution in [-0.4, -0.2) is 33.1 Å². The summed E-state index contributed by atoms with van der Waals surface area (Å²) in [6.45, 7) is 19.2. The predicted octanol–water partition coefficient (Wildman–Crippen LogP) is 9.50. The average molecular weight is 737 g/mol. The largest absolute Gasteiger partial charge is 0.107 e. The minimum Gasteiger partial charge on any atom is -0.107 e. The first-order valence-corrected chi connectivity index (χ1v) is 24.3. The van der Waals surface area contributed by atoms with Gasteiger partial charge >= 0.3 is 0 Å². The molecule has 1 spiro atoms. The van der Waals surface area contributed by atoms with Gasteiger partial charge in [0.1, 0.15) is 8.07 Å². The molecule has 2 aromatic rings. The molecule has 4 rings (SSSR count). The maximum Gasteiger partial charge on any atom is 0.103 e. The van der Waals surface area contributed by atoms with Crippen LogP contribution in [0.25, 0.3) is 11.1 Å². The third kappa shape index (κ3) is 4.77. The summed E-state index contributed by atoms with van der Waals surface area (Å²) in [7, 11) is -5.72. The fourth-order valence-corrected chi connectivity index (χ4v) is 30.6. The minimum absolute atomic E-state index is 0.820. The van der Waals surface area contributed by atoms with Crippen LogP contribution < -0.4 is 0 Å². The third-order valence-electron chi connectivity index (χ3n) is 8.43. The summed E-state index contributed by atoms with van der Waals surface area (Å²) in [5.74, 6) is 1.64. The van der Waals surface area contributed by atoms with Crippen molar-refractivity contribution in [1.29, 1.82) is 0 Å². The lowest BCUT2D eigenvalue weighted by Gasteiger charge is -2.41. The van der Waals surface area contributed by atoms with Gasteiger partial charge in [0.05, 0.1) is 16.1 Å². The molecule has 0 aliphatic carbocycles. The Morgan fingerprint density at radius 3 is 1.34 bits per heavy atom. The second kappa shape index (κ2) is 10.7. The highest BCUT2D eigenvalue weighted by atomic mass is 127. The lowest BCUT2D eigenvalue weighted by molar-refractivity contribution is 0.514. The normalized spacial score (nSPS) is 22.2. The molecule has 1 fully saturated rings. The number of alkyl halides is 2. The van der Waals surface area contributed by atoms with E-state index in [0.717, 1.165) is 11.8 Å². The molecule has 0 N–H and O–H groups in total. The van der Waals surface area contributed by atoms with Gasteiger partial charge in [-0.05, 0) is 46.2 Å². The van der Waals surface area contributed by atoms with Crippen molar-refractivity contribution in [2.45, 2.75) is 38.3 Å². The molecule has 2 aliphatic rings. The van der Waals surface area contributed by atoms with Crippen LogP contribution in [0.2, 0.25) is 38.3 Å². The number of rotatable bonds is 8. The molecule has 0 nitrogen and oxygen atoms in total. The minimum atomic E-state index is -1.97. The van der Waals surface area contributed by atoms with Crippen LogP contribution in [0.4, 0.5) is 0 Å². The Morgan fingerprint density at radius 1 is 0.714 bits per heavy atom. The van der Waals surface area contributed by atoms with Gasteiger partial charge < -0.3 is 0 Å². The van der Waals surface area contributed by atoms with Gasteiger partial charge in [-0.1, -0.05) is 153 Å². The van der Waals surface area contributed by atoms with Crippen LogP contribution in [0.15, 0.2) is 94.9 Å². The molecule has 1 saturated heterocycles. The van der Waals surface area contributed by atoms with Crippen molar-refractivity contribution < 1.29 is 0 Å². The first-order valence-electron chi connectivity index (χ1n) is 12.7. The summed E-state index contributed by atoms with van der Waals surface area (Å²) in [6, 6.07) is 25.5. The summed E-state index contributed by atoms with van der Waals surface area (Å²) in [6.07, 6.45) is 0. The lowest BCUT2D eigenvalue weighted by atomic mass is 9.95. The number of allylic oxidation sites excluding steroid dienone is 2. The van der Waals surface area contributed by atoms with Crippen molar-refractivity contribution in [1.82, 2.24) is 0 Å². The fourth-order valence-electron chi connectivity index (χ4n) is 6.80. The van der Waals surface area contributed by atoms with Crippen LogP contribution in [-0.2, 0) is 0 Å². The van der Waals surface area contributed by atoms with E-state index < -0.39 is 24.2 Å². The van der Waals surface area contributed by atoms with Gasteiger partial charge in [0.2, 0.25) is 0 Å². The Hall–Kier alpha value is -0.489. The Labute approximate surface area is 243 Å². The van der Waals surface area contributed by atoms with Crippen LogP contribution in [0.3, 0.4) is 0 Å². The second-order valence-corrected chi connectivity index (χ2v) is 26.8. The summed E-state index contributed by atoms with van der Waals surface area (Å²) in [4.78, 5) is 3.76. The third-order valence-corrected chi connectivity index (χ3v) is 27.4. The fraction of sp³-hybridized carbons (Fsp3) is 0.333. The zero-order valence-corrected chi connectivity index (χ0v) is 28.9. The van der Waals surface area contributed by atoms with E-state index >= 15 is 0 Å². The van der Waals surface area contributed by atoms with Crippen molar-refractivity contribution in [3.63, 3.8) is 0 Å². The summed E-state index contributed by atoms with van der Waals surface area (Å²) >= 11 is 5.35. The lowest BCUT2D eigenvalue weighted by Crippen LogP contribution is -2.52. The Bertz CT molecular complexity index is 1070. The predicted molar refractivity (Wildman–Crippen MR) is 182 cm³/mol. The molecule has 0 bridgehead atoms. The van der Waals surface area contributed by atoms with Gasteiger partial charge in [0, 0.05) is 8.86 Å². The highest BCUT2D eigenvalue weighted by Gasteiger charge is 2.60. The summed E-state index contributed by atoms with van der Waals surface area (Å²) in [5, 5.41) is 0. The molecule has 0 unspecified atom stereocenters. The molecular weight excluding hydrogens is 698 g/mol. The van der Waals surface area contributed by atoms with Gasteiger partial charge in [0.25, 0.3) is 0 Å². The standard InChI is InChI=1S/C30H38I2Si3/c1-7-33(3,4)29-27(23-15-11-9-12-16-23)28(24-17-13-10-14-18-24)30(34(5,6)8-2)35(29)21-25(19-31)26(20-32)22-35/h7-18,25-26H,1-2,19-22H2,3-6H3/t25-,26-/m0/s1. The number of hydrogen-bond acceptors (Lipinski definition) is 0. The Kier molecular flexibility index (Phi) is 8.43. The van der Waals surface area contributed by atoms with Crippen LogP contribution >= 0.6 is 45.2 Å². The maximum atomic E-state index is 4.46. The van der Waals surface area contributed by atoms with E-state index in [1.165, 1.54) is 32.1 Å². The molecule has 5 heteroatoms. The van der Waals surface area contributed by atoms with E-state index in [1.807, 2.05) is 9.64 Å². The topological polar surface area (TPSA) is 0 Å². The van der Waals surface area contributed by atoms with Crippen molar-refractivity contribution >= 4 is 80.5 Å². The quantitative estimate of drug-likeness (QED) is 0.144. The first-order chi connectivity index (χ1) is 16.7. The van der Waals surface area contributed by atoms with Crippen molar-refractivity contribution in [3.05, 3.63) is 106 Å². The van der Waals surface area contributed by atoms with Crippen LogP contribution in [0, 0.1) is 11.8 Å².